The lowest BCUT2D eigenvalue weighted by atomic mass is 10.0. The minimum atomic E-state index is -0.738. The average Bonchev–Trinajstić information content (AvgIpc) is 2.65. The van der Waals surface area contributed by atoms with Gasteiger partial charge in [0.2, 0.25) is 5.91 Å². The number of ether oxygens (including phenoxy) is 1. The van der Waals surface area contributed by atoms with Crippen LogP contribution in [-0.2, 0) is 16.0 Å². The van der Waals surface area contributed by atoms with E-state index in [1.165, 1.54) is 32.2 Å². The summed E-state index contributed by atoms with van der Waals surface area (Å²) in [5.74, 6) is -1.71. The van der Waals surface area contributed by atoms with Crippen LogP contribution >= 0.6 is 0 Å². The van der Waals surface area contributed by atoms with Crippen molar-refractivity contribution in [3.8, 4) is 5.75 Å². The van der Waals surface area contributed by atoms with Crippen LogP contribution in [0, 0.1) is 5.82 Å². The molecular formula is C20H17FN2O4. The molecule has 0 saturated carbocycles. The van der Waals surface area contributed by atoms with Gasteiger partial charge in [-0.25, -0.2) is 9.18 Å². The summed E-state index contributed by atoms with van der Waals surface area (Å²) < 4.78 is 17.7. The molecule has 7 heteroatoms. The van der Waals surface area contributed by atoms with Crippen LogP contribution in [0.5, 0.6) is 5.75 Å². The molecule has 0 atom stereocenters. The molecule has 0 spiro atoms. The number of carbonyl (C=O) groups is 2. The molecule has 0 fully saturated rings. The van der Waals surface area contributed by atoms with Gasteiger partial charge < -0.3 is 15.2 Å². The third-order valence-electron chi connectivity index (χ3n) is 4.04. The van der Waals surface area contributed by atoms with Crippen LogP contribution in [0.3, 0.4) is 0 Å². The second kappa shape index (κ2) is 7.41. The molecule has 0 saturated heterocycles. The number of benzene rings is 2. The topological polar surface area (TPSA) is 88.5 Å². The summed E-state index contributed by atoms with van der Waals surface area (Å²) in [5, 5.41) is 13.5. The molecule has 0 aliphatic carbocycles. The van der Waals surface area contributed by atoms with E-state index in [0.29, 0.717) is 17.5 Å². The maximum Gasteiger partial charge on any atom is 0.341 e. The highest BCUT2D eigenvalue weighted by Crippen LogP contribution is 2.34. The predicted octanol–water partition coefficient (Wildman–Crippen LogP) is 3.42. The van der Waals surface area contributed by atoms with E-state index in [1.807, 2.05) is 0 Å². The van der Waals surface area contributed by atoms with E-state index in [0.717, 1.165) is 11.1 Å². The summed E-state index contributed by atoms with van der Waals surface area (Å²) in [6.07, 6.45) is 2.05. The number of halogens is 1. The number of fused-ring (bicyclic) bond motifs is 1. The summed E-state index contributed by atoms with van der Waals surface area (Å²) >= 11 is 0. The van der Waals surface area contributed by atoms with Crippen molar-refractivity contribution in [1.29, 1.82) is 0 Å². The molecule has 6 nitrogen and oxygen atoms in total. The number of methoxy groups -OCH3 is 1. The van der Waals surface area contributed by atoms with Crippen molar-refractivity contribution in [2.45, 2.75) is 13.3 Å². The van der Waals surface area contributed by atoms with E-state index in [4.69, 9.17) is 0 Å². The number of aromatic hydroxyl groups is 1. The number of nitrogens with one attached hydrogen (secondary N) is 1. The van der Waals surface area contributed by atoms with E-state index >= 15 is 0 Å². The van der Waals surface area contributed by atoms with E-state index in [-0.39, 0.29) is 28.6 Å². The second-order valence-corrected chi connectivity index (χ2v) is 6.04. The van der Waals surface area contributed by atoms with Crippen LogP contribution < -0.4 is 5.32 Å². The molecule has 1 aromatic heterocycles. The number of amides is 1. The Kier molecular flexibility index (Phi) is 5.03. The smallest absolute Gasteiger partial charge is 0.341 e. The molecule has 2 aromatic carbocycles. The van der Waals surface area contributed by atoms with E-state index in [9.17, 15) is 19.1 Å². The molecule has 0 aliphatic heterocycles. The normalized spacial score (nSPS) is 10.6. The van der Waals surface area contributed by atoms with Gasteiger partial charge in [0.25, 0.3) is 0 Å². The molecule has 1 amide bonds. The third kappa shape index (κ3) is 3.87. The fraction of sp³-hybridized carbons (Fsp3) is 0.150. The Morgan fingerprint density at radius 3 is 2.52 bits per heavy atom. The van der Waals surface area contributed by atoms with E-state index in [1.54, 1.807) is 24.4 Å². The van der Waals surface area contributed by atoms with Crippen molar-refractivity contribution in [3.63, 3.8) is 0 Å². The highest BCUT2D eigenvalue weighted by molar-refractivity contribution is 6.08. The summed E-state index contributed by atoms with van der Waals surface area (Å²) in [7, 11) is 1.20. The minimum Gasteiger partial charge on any atom is -0.505 e. The fourth-order valence-electron chi connectivity index (χ4n) is 2.81. The van der Waals surface area contributed by atoms with Crippen molar-refractivity contribution in [2.75, 3.05) is 12.4 Å². The number of hydrogen-bond donors (Lipinski definition) is 2. The molecular weight excluding hydrogens is 351 g/mol. The van der Waals surface area contributed by atoms with E-state index in [2.05, 4.69) is 15.0 Å². The highest BCUT2D eigenvalue weighted by atomic mass is 19.1. The average molecular weight is 368 g/mol. The van der Waals surface area contributed by atoms with Gasteiger partial charge in [0.15, 0.2) is 5.75 Å². The molecule has 3 aromatic rings. The molecule has 27 heavy (non-hydrogen) atoms. The Morgan fingerprint density at radius 1 is 1.19 bits per heavy atom. The first-order chi connectivity index (χ1) is 12.9. The first-order valence-electron chi connectivity index (χ1n) is 8.14. The summed E-state index contributed by atoms with van der Waals surface area (Å²) in [5.41, 5.74) is 2.10. The van der Waals surface area contributed by atoms with Crippen LogP contribution in [0.1, 0.15) is 28.4 Å². The molecule has 0 unspecified atom stereocenters. The minimum absolute atomic E-state index is 0.0902. The molecule has 1 heterocycles. The third-order valence-corrected chi connectivity index (χ3v) is 4.04. The molecule has 3 rings (SSSR count). The lowest BCUT2D eigenvalue weighted by Gasteiger charge is -2.13. The van der Waals surface area contributed by atoms with Crippen LogP contribution in [0.2, 0.25) is 0 Å². The van der Waals surface area contributed by atoms with Crippen LogP contribution in [-0.4, -0.2) is 29.1 Å². The Balaban J connectivity index is 2.11. The molecule has 0 radical (unpaired) electrons. The summed E-state index contributed by atoms with van der Waals surface area (Å²) in [6, 6.07) is 9.21. The zero-order valence-electron chi connectivity index (χ0n) is 14.7. The lowest BCUT2D eigenvalue weighted by molar-refractivity contribution is -0.114. The Bertz CT molecular complexity index is 1030. The van der Waals surface area contributed by atoms with Gasteiger partial charge in [0, 0.05) is 18.5 Å². The molecule has 138 valence electrons. The maximum atomic E-state index is 13.1. The number of nitrogens with zero attached hydrogens (tertiary/aromatic N) is 1. The van der Waals surface area contributed by atoms with Gasteiger partial charge in [-0.3, -0.25) is 9.78 Å². The molecule has 0 aliphatic rings. The zero-order chi connectivity index (χ0) is 19.6. The van der Waals surface area contributed by atoms with Gasteiger partial charge in [-0.1, -0.05) is 12.1 Å². The maximum absolute atomic E-state index is 13.1. The highest BCUT2D eigenvalue weighted by Gasteiger charge is 2.19. The number of anilines is 1. The second-order valence-electron chi connectivity index (χ2n) is 6.04. The van der Waals surface area contributed by atoms with Gasteiger partial charge in [-0.15, -0.1) is 0 Å². The monoisotopic (exact) mass is 368 g/mol. The molecule has 0 bridgehead atoms. The van der Waals surface area contributed by atoms with Crippen molar-refractivity contribution in [3.05, 3.63) is 65.1 Å². The van der Waals surface area contributed by atoms with Crippen LogP contribution in [0.4, 0.5) is 10.1 Å². The zero-order valence-corrected chi connectivity index (χ0v) is 14.7. The standard InChI is InChI=1S/C20H17FN2O4/c1-11(24)23-17-9-16(20(26)27-2)19(25)18-15(17)8-13(10-22-18)7-12-3-5-14(21)6-4-12/h3-6,8-10,25H,7H2,1-2H3,(H,23,24). The quantitative estimate of drug-likeness (QED) is 0.544. The molecule has 2 N–H and O–H groups in total. The number of phenols is 1. The first-order valence-corrected chi connectivity index (χ1v) is 8.14. The number of esters is 1. The van der Waals surface area contributed by atoms with Crippen LogP contribution in [0.15, 0.2) is 42.6 Å². The van der Waals surface area contributed by atoms with Crippen molar-refractivity contribution in [2.24, 2.45) is 0 Å². The SMILES string of the molecule is COC(=O)c1cc(NC(C)=O)c2cc(Cc3ccc(F)cc3)cnc2c1O. The van der Waals surface area contributed by atoms with Gasteiger partial charge in [-0.05, 0) is 41.8 Å². The fourth-order valence-corrected chi connectivity index (χ4v) is 2.81. The predicted molar refractivity (Wildman–Crippen MR) is 98.3 cm³/mol. The number of hydrogen-bond acceptors (Lipinski definition) is 5. The van der Waals surface area contributed by atoms with Gasteiger partial charge in [-0.2, -0.15) is 0 Å². The lowest BCUT2D eigenvalue weighted by Crippen LogP contribution is -2.09. The first kappa shape index (κ1) is 18.3. The van der Waals surface area contributed by atoms with Gasteiger partial charge in [0.05, 0.1) is 12.8 Å². The number of pyridine rings is 1. The number of phenolic OH excluding ortho intramolecular Hbond substituents is 1. The number of carbonyl (C=O) groups excluding carboxylic acids is 2. The van der Waals surface area contributed by atoms with Crippen molar-refractivity contribution >= 4 is 28.5 Å². The van der Waals surface area contributed by atoms with Gasteiger partial charge >= 0.3 is 5.97 Å². The Labute approximate surface area is 154 Å². The summed E-state index contributed by atoms with van der Waals surface area (Å²) in [6.45, 7) is 1.34. The largest absolute Gasteiger partial charge is 0.505 e. The van der Waals surface area contributed by atoms with Crippen LogP contribution in [0.25, 0.3) is 10.9 Å². The van der Waals surface area contributed by atoms with Crippen molar-refractivity contribution < 1.29 is 23.8 Å². The Hall–Kier alpha value is -3.48. The van der Waals surface area contributed by atoms with E-state index < -0.39 is 5.97 Å². The number of rotatable bonds is 4. The van der Waals surface area contributed by atoms with Gasteiger partial charge in [0.1, 0.15) is 16.9 Å². The number of aromatic nitrogens is 1. The summed E-state index contributed by atoms with van der Waals surface area (Å²) in [4.78, 5) is 27.7. The Morgan fingerprint density at radius 2 is 1.89 bits per heavy atom. The van der Waals surface area contributed by atoms with Crippen molar-refractivity contribution in [1.82, 2.24) is 4.98 Å².